The standard InChI is InChI=1S/C59H43N/c1-58(2)51-26-15-12-23-44(51)48-33-31-42(37-55(48)58)60(57-35-30-41(39-18-6-3-7-19-39)36-50(57)40-20-8-4-9-21-40)43-32-34-49-47-22-10-5-11-27-52(47)59(56(49)38-43)53-28-16-13-24-45(53)46-25-14-17-29-54(46)59/h3-38,47H,1-2H3. The van der Waals surface area contributed by atoms with Crippen LogP contribution in [0.25, 0.3) is 44.5 Å². The van der Waals surface area contributed by atoms with Crippen LogP contribution in [0.15, 0.2) is 224 Å². The van der Waals surface area contributed by atoms with Gasteiger partial charge < -0.3 is 4.90 Å². The summed E-state index contributed by atoms with van der Waals surface area (Å²) in [5.74, 6) is 0.154. The Labute approximate surface area is 353 Å². The topological polar surface area (TPSA) is 3.24 Å². The zero-order valence-corrected chi connectivity index (χ0v) is 33.8. The number of allylic oxidation sites excluding steroid dienone is 6. The second-order valence-corrected chi connectivity index (χ2v) is 17.2. The molecule has 0 N–H and O–H groups in total. The molecule has 1 unspecified atom stereocenters. The average Bonchev–Trinajstić information content (AvgIpc) is 3.73. The molecule has 0 aliphatic heterocycles. The van der Waals surface area contributed by atoms with Gasteiger partial charge in [0.05, 0.1) is 11.1 Å². The van der Waals surface area contributed by atoms with Crippen molar-refractivity contribution in [2.24, 2.45) is 0 Å². The van der Waals surface area contributed by atoms with Crippen molar-refractivity contribution in [3.05, 3.63) is 257 Å². The number of fused-ring (bicyclic) bond motifs is 13. The first-order valence-corrected chi connectivity index (χ1v) is 21.2. The molecule has 1 heteroatoms. The minimum Gasteiger partial charge on any atom is -0.310 e. The Morgan fingerprint density at radius 3 is 1.67 bits per heavy atom. The van der Waals surface area contributed by atoms with Crippen LogP contribution in [0.4, 0.5) is 17.1 Å². The molecule has 4 aliphatic carbocycles. The first-order valence-electron chi connectivity index (χ1n) is 21.2. The van der Waals surface area contributed by atoms with Gasteiger partial charge in [0, 0.05) is 28.3 Å². The Bertz CT molecular complexity index is 3080. The minimum atomic E-state index is -0.436. The fraction of sp³-hybridized carbons (Fsp3) is 0.0847. The highest BCUT2D eigenvalue weighted by atomic mass is 15.1. The summed E-state index contributed by atoms with van der Waals surface area (Å²) in [4.78, 5) is 2.54. The van der Waals surface area contributed by atoms with Crippen molar-refractivity contribution in [3.63, 3.8) is 0 Å². The fourth-order valence-electron chi connectivity index (χ4n) is 11.2. The van der Waals surface area contributed by atoms with Crippen molar-refractivity contribution in [1.82, 2.24) is 0 Å². The molecule has 0 fully saturated rings. The van der Waals surface area contributed by atoms with Crippen LogP contribution in [-0.2, 0) is 10.8 Å². The molecular weight excluding hydrogens is 723 g/mol. The predicted molar refractivity (Wildman–Crippen MR) is 250 cm³/mol. The van der Waals surface area contributed by atoms with Gasteiger partial charge in [0.2, 0.25) is 0 Å². The first-order chi connectivity index (χ1) is 29.5. The highest BCUT2D eigenvalue weighted by Crippen LogP contribution is 2.65. The number of nitrogens with zero attached hydrogens (tertiary/aromatic N) is 1. The van der Waals surface area contributed by atoms with Crippen molar-refractivity contribution in [2.45, 2.75) is 30.6 Å². The summed E-state index contributed by atoms with van der Waals surface area (Å²) in [5, 5.41) is 0. The maximum Gasteiger partial charge on any atom is 0.0689 e. The van der Waals surface area contributed by atoms with Gasteiger partial charge in [-0.3, -0.25) is 0 Å². The normalized spacial score (nSPS) is 16.6. The molecule has 8 aromatic rings. The summed E-state index contributed by atoms with van der Waals surface area (Å²) in [6.45, 7) is 4.76. The Balaban J connectivity index is 1.15. The average molecular weight is 766 g/mol. The van der Waals surface area contributed by atoms with E-state index in [1.54, 1.807) is 0 Å². The summed E-state index contributed by atoms with van der Waals surface area (Å²) in [5.41, 5.74) is 22.5. The molecule has 0 heterocycles. The molecule has 0 saturated heterocycles. The van der Waals surface area contributed by atoms with E-state index in [1.165, 1.54) is 83.5 Å². The smallest absolute Gasteiger partial charge is 0.0689 e. The molecule has 0 saturated carbocycles. The summed E-state index contributed by atoms with van der Waals surface area (Å²) in [6.07, 6.45) is 11.5. The van der Waals surface area contributed by atoms with E-state index in [9.17, 15) is 0 Å². The lowest BCUT2D eigenvalue weighted by molar-refractivity contribution is 0.660. The monoisotopic (exact) mass is 765 g/mol. The van der Waals surface area contributed by atoms with Crippen molar-refractivity contribution in [1.29, 1.82) is 0 Å². The van der Waals surface area contributed by atoms with Crippen molar-refractivity contribution >= 4 is 17.1 Å². The first kappa shape index (κ1) is 34.8. The van der Waals surface area contributed by atoms with Gasteiger partial charge in [0.15, 0.2) is 0 Å². The largest absolute Gasteiger partial charge is 0.310 e. The molecule has 0 aromatic heterocycles. The molecule has 1 spiro atoms. The maximum atomic E-state index is 2.54. The Morgan fingerprint density at radius 1 is 0.400 bits per heavy atom. The highest BCUT2D eigenvalue weighted by molar-refractivity contribution is 5.94. The summed E-state index contributed by atoms with van der Waals surface area (Å²) in [7, 11) is 0. The van der Waals surface area contributed by atoms with Gasteiger partial charge in [-0.15, -0.1) is 0 Å². The second kappa shape index (κ2) is 13.1. The zero-order valence-electron chi connectivity index (χ0n) is 33.8. The third-order valence-electron chi connectivity index (χ3n) is 13.8. The Kier molecular flexibility index (Phi) is 7.62. The SMILES string of the molecule is CC1(C)c2ccccc2-c2ccc(N(c3ccc4c(c3)C3(C5=CC=CC=CC54)c4ccccc4-c4ccccc43)c3ccc(-c4ccccc4)cc3-c3ccccc3)cc21. The molecule has 0 radical (unpaired) electrons. The number of rotatable bonds is 5. The van der Waals surface area contributed by atoms with Gasteiger partial charge in [-0.25, -0.2) is 0 Å². The molecule has 0 bridgehead atoms. The van der Waals surface area contributed by atoms with E-state index in [1.807, 2.05) is 0 Å². The van der Waals surface area contributed by atoms with Crippen LogP contribution in [0.3, 0.4) is 0 Å². The van der Waals surface area contributed by atoms with E-state index in [2.05, 4.69) is 237 Å². The van der Waals surface area contributed by atoms with Gasteiger partial charge in [0.25, 0.3) is 0 Å². The summed E-state index contributed by atoms with van der Waals surface area (Å²) < 4.78 is 0. The molecule has 8 aromatic carbocycles. The molecule has 1 nitrogen and oxygen atoms in total. The quantitative estimate of drug-likeness (QED) is 0.169. The molecule has 12 rings (SSSR count). The van der Waals surface area contributed by atoms with E-state index < -0.39 is 5.41 Å². The van der Waals surface area contributed by atoms with Gasteiger partial charge in [0.1, 0.15) is 0 Å². The van der Waals surface area contributed by atoms with Crippen LogP contribution >= 0.6 is 0 Å². The van der Waals surface area contributed by atoms with Crippen LogP contribution in [0.2, 0.25) is 0 Å². The van der Waals surface area contributed by atoms with Gasteiger partial charge >= 0.3 is 0 Å². The van der Waals surface area contributed by atoms with Crippen LogP contribution in [0.1, 0.15) is 53.1 Å². The lowest BCUT2D eigenvalue weighted by Gasteiger charge is -2.33. The van der Waals surface area contributed by atoms with Gasteiger partial charge in [-0.2, -0.15) is 0 Å². The highest BCUT2D eigenvalue weighted by Gasteiger charge is 2.54. The van der Waals surface area contributed by atoms with Crippen LogP contribution in [0.5, 0.6) is 0 Å². The maximum absolute atomic E-state index is 2.54. The van der Waals surface area contributed by atoms with E-state index >= 15 is 0 Å². The van der Waals surface area contributed by atoms with Gasteiger partial charge in [-0.1, -0.05) is 196 Å². The molecule has 1 atom stereocenters. The molecule has 0 amide bonds. The molecule has 284 valence electrons. The predicted octanol–water partition coefficient (Wildman–Crippen LogP) is 15.3. The third-order valence-corrected chi connectivity index (χ3v) is 13.8. The van der Waals surface area contributed by atoms with Gasteiger partial charge in [-0.05, 0) is 114 Å². The van der Waals surface area contributed by atoms with Crippen molar-refractivity contribution in [2.75, 3.05) is 4.90 Å². The van der Waals surface area contributed by atoms with Crippen LogP contribution in [-0.4, -0.2) is 0 Å². The van der Waals surface area contributed by atoms with Crippen LogP contribution < -0.4 is 4.90 Å². The Morgan fingerprint density at radius 2 is 0.967 bits per heavy atom. The lowest BCUT2D eigenvalue weighted by atomic mass is 9.69. The summed E-state index contributed by atoms with van der Waals surface area (Å²) >= 11 is 0. The second-order valence-electron chi connectivity index (χ2n) is 17.2. The van der Waals surface area contributed by atoms with E-state index in [-0.39, 0.29) is 11.3 Å². The lowest BCUT2D eigenvalue weighted by Crippen LogP contribution is -2.27. The fourth-order valence-corrected chi connectivity index (χ4v) is 11.2. The van der Waals surface area contributed by atoms with Crippen LogP contribution in [0, 0.1) is 0 Å². The molecular formula is C59H43N. The Hall–Kier alpha value is -7.22. The van der Waals surface area contributed by atoms with Crippen molar-refractivity contribution < 1.29 is 0 Å². The number of hydrogen-bond donors (Lipinski definition) is 0. The zero-order chi connectivity index (χ0) is 40.0. The summed E-state index contributed by atoms with van der Waals surface area (Å²) in [6, 6.07) is 70.4. The third kappa shape index (κ3) is 4.87. The molecule has 60 heavy (non-hydrogen) atoms. The van der Waals surface area contributed by atoms with E-state index in [4.69, 9.17) is 0 Å². The van der Waals surface area contributed by atoms with E-state index in [0.717, 1.165) is 17.1 Å². The minimum absolute atomic E-state index is 0.146. The molecule has 4 aliphatic rings. The number of anilines is 3. The number of benzene rings is 8. The van der Waals surface area contributed by atoms with E-state index in [0.29, 0.717) is 0 Å². The van der Waals surface area contributed by atoms with Crippen molar-refractivity contribution in [3.8, 4) is 44.5 Å². The number of hydrogen-bond acceptors (Lipinski definition) is 1.